The second-order valence-corrected chi connectivity index (χ2v) is 7.15. The van der Waals surface area contributed by atoms with Crippen molar-refractivity contribution in [2.24, 2.45) is 5.73 Å². The Labute approximate surface area is 163 Å². The van der Waals surface area contributed by atoms with E-state index >= 15 is 0 Å². The van der Waals surface area contributed by atoms with Crippen LogP contribution in [0.2, 0.25) is 5.02 Å². The number of carbonyl (C=O) groups is 3. The van der Waals surface area contributed by atoms with E-state index < -0.39 is 23.9 Å². The van der Waals surface area contributed by atoms with Crippen LogP contribution in [0.5, 0.6) is 0 Å². The molecule has 0 fully saturated rings. The van der Waals surface area contributed by atoms with Gasteiger partial charge in [0.2, 0.25) is 5.91 Å². The minimum Gasteiger partial charge on any atom is -0.448 e. The van der Waals surface area contributed by atoms with Crippen LogP contribution in [-0.4, -0.2) is 23.9 Å². The highest BCUT2D eigenvalue weighted by Gasteiger charge is 2.23. The third kappa shape index (κ3) is 4.10. The topological polar surface area (TPSA) is 98.5 Å². The molecule has 3 N–H and O–H groups in total. The second kappa shape index (κ2) is 7.77. The fourth-order valence-corrected chi connectivity index (χ4v) is 3.77. The minimum absolute atomic E-state index is 0.253. The summed E-state index contributed by atoms with van der Waals surface area (Å²) in [4.78, 5) is 36.0. The molecule has 6 nitrogen and oxygen atoms in total. The number of fused-ring (bicyclic) bond motifs is 1. The average molecular weight is 403 g/mol. The molecule has 0 saturated heterocycles. The van der Waals surface area contributed by atoms with E-state index in [0.29, 0.717) is 16.3 Å². The van der Waals surface area contributed by atoms with E-state index in [-0.39, 0.29) is 4.88 Å². The van der Waals surface area contributed by atoms with E-state index in [1.54, 1.807) is 0 Å². The molecule has 2 amide bonds. The molecule has 0 aliphatic rings. The van der Waals surface area contributed by atoms with E-state index in [1.807, 2.05) is 24.3 Å². The molecule has 138 valence electrons. The van der Waals surface area contributed by atoms with E-state index in [0.717, 1.165) is 10.1 Å². The van der Waals surface area contributed by atoms with E-state index in [9.17, 15) is 14.4 Å². The first-order valence-corrected chi connectivity index (χ1v) is 9.15. The lowest BCUT2D eigenvalue weighted by Crippen LogP contribution is -2.29. The van der Waals surface area contributed by atoms with Crippen LogP contribution >= 0.6 is 22.9 Å². The van der Waals surface area contributed by atoms with Crippen molar-refractivity contribution < 1.29 is 19.1 Å². The Kier molecular flexibility index (Phi) is 5.43. The van der Waals surface area contributed by atoms with Crippen molar-refractivity contribution in [1.29, 1.82) is 0 Å². The number of benzene rings is 2. The number of thiophene rings is 1. The summed E-state index contributed by atoms with van der Waals surface area (Å²) < 4.78 is 6.11. The molecule has 1 aromatic heterocycles. The number of anilines is 1. The molecule has 3 aromatic rings. The van der Waals surface area contributed by atoms with Gasteiger partial charge in [-0.15, -0.1) is 11.3 Å². The highest BCUT2D eigenvalue weighted by atomic mass is 35.5. The van der Waals surface area contributed by atoms with Crippen LogP contribution in [0.3, 0.4) is 0 Å². The van der Waals surface area contributed by atoms with Gasteiger partial charge < -0.3 is 15.8 Å². The smallest absolute Gasteiger partial charge is 0.350 e. The van der Waals surface area contributed by atoms with Crippen molar-refractivity contribution in [3.8, 4) is 0 Å². The fourth-order valence-electron chi connectivity index (χ4n) is 2.37. The van der Waals surface area contributed by atoms with Crippen LogP contribution in [0.1, 0.15) is 27.0 Å². The Morgan fingerprint density at radius 3 is 2.41 bits per heavy atom. The lowest BCUT2D eigenvalue weighted by atomic mass is 10.2. The van der Waals surface area contributed by atoms with Crippen molar-refractivity contribution in [1.82, 2.24) is 0 Å². The summed E-state index contributed by atoms with van der Waals surface area (Å²) in [5.41, 5.74) is 5.95. The zero-order valence-electron chi connectivity index (χ0n) is 14.2. The Hall–Kier alpha value is -2.90. The lowest BCUT2D eigenvalue weighted by molar-refractivity contribution is -0.123. The van der Waals surface area contributed by atoms with E-state index in [2.05, 4.69) is 5.32 Å². The number of esters is 1. The van der Waals surface area contributed by atoms with E-state index in [1.165, 1.54) is 42.5 Å². The van der Waals surface area contributed by atoms with Gasteiger partial charge in [-0.3, -0.25) is 9.59 Å². The number of primary amides is 1. The van der Waals surface area contributed by atoms with Gasteiger partial charge in [-0.1, -0.05) is 29.8 Å². The van der Waals surface area contributed by atoms with Crippen molar-refractivity contribution in [2.45, 2.75) is 13.0 Å². The Bertz CT molecular complexity index is 1030. The standard InChI is InChI=1S/C19H15ClN2O4S/c1-10(18(24)22-12-8-6-11(7-9-12)17(21)23)26-19(25)16-15(20)13-4-2-3-5-14(13)27-16/h2-10H,1H3,(H2,21,23)(H,22,24)/t10-/m1/s1. The molecule has 0 unspecified atom stereocenters. The van der Waals surface area contributed by atoms with Crippen molar-refractivity contribution >= 4 is 56.5 Å². The third-order valence-electron chi connectivity index (χ3n) is 3.81. The fraction of sp³-hybridized carbons (Fsp3) is 0.105. The second-order valence-electron chi connectivity index (χ2n) is 5.72. The molecule has 0 aliphatic carbocycles. The molecule has 8 heteroatoms. The predicted octanol–water partition coefficient (Wildman–Crippen LogP) is 3.84. The molecule has 0 spiro atoms. The van der Waals surface area contributed by atoms with Gasteiger partial charge in [-0.25, -0.2) is 4.79 Å². The number of carbonyl (C=O) groups excluding carboxylic acids is 3. The van der Waals surface area contributed by atoms with Crippen LogP contribution in [0.15, 0.2) is 48.5 Å². The number of halogens is 1. The monoisotopic (exact) mass is 402 g/mol. The maximum absolute atomic E-state index is 12.4. The molecule has 2 aromatic carbocycles. The molecule has 0 radical (unpaired) electrons. The number of amides is 2. The van der Waals surface area contributed by atoms with Gasteiger partial charge >= 0.3 is 5.97 Å². The molecule has 0 bridgehead atoms. The van der Waals surface area contributed by atoms with Gasteiger partial charge in [0.15, 0.2) is 6.10 Å². The molecule has 1 heterocycles. The number of rotatable bonds is 5. The summed E-state index contributed by atoms with van der Waals surface area (Å²) in [6, 6.07) is 13.4. The molecule has 3 rings (SSSR count). The first kappa shape index (κ1) is 18.9. The Morgan fingerprint density at radius 2 is 1.78 bits per heavy atom. The normalized spacial score (nSPS) is 11.8. The quantitative estimate of drug-likeness (QED) is 0.633. The van der Waals surface area contributed by atoms with Gasteiger partial charge in [0.1, 0.15) is 4.88 Å². The van der Waals surface area contributed by atoms with Crippen LogP contribution in [0.4, 0.5) is 5.69 Å². The highest BCUT2D eigenvalue weighted by Crippen LogP contribution is 2.35. The zero-order chi connectivity index (χ0) is 19.6. The van der Waals surface area contributed by atoms with Crippen molar-refractivity contribution in [3.63, 3.8) is 0 Å². The minimum atomic E-state index is -1.03. The maximum Gasteiger partial charge on any atom is 0.350 e. The first-order chi connectivity index (χ1) is 12.9. The first-order valence-electron chi connectivity index (χ1n) is 7.95. The van der Waals surface area contributed by atoms with Crippen molar-refractivity contribution in [2.75, 3.05) is 5.32 Å². The molecular formula is C19H15ClN2O4S. The number of hydrogen-bond acceptors (Lipinski definition) is 5. The maximum atomic E-state index is 12.4. The van der Waals surface area contributed by atoms with Gasteiger partial charge in [-0.2, -0.15) is 0 Å². The lowest BCUT2D eigenvalue weighted by Gasteiger charge is -2.13. The van der Waals surface area contributed by atoms with Gasteiger partial charge in [0.25, 0.3) is 5.91 Å². The van der Waals surface area contributed by atoms with Crippen LogP contribution < -0.4 is 11.1 Å². The van der Waals surface area contributed by atoms with Crippen LogP contribution in [-0.2, 0) is 9.53 Å². The molecule has 27 heavy (non-hydrogen) atoms. The number of nitrogens with one attached hydrogen (secondary N) is 1. The van der Waals surface area contributed by atoms with Gasteiger partial charge in [-0.05, 0) is 37.3 Å². The molecule has 1 atom stereocenters. The zero-order valence-corrected chi connectivity index (χ0v) is 15.8. The average Bonchev–Trinajstić information content (AvgIpc) is 2.99. The summed E-state index contributed by atoms with van der Waals surface area (Å²) in [6.45, 7) is 1.46. The third-order valence-corrected chi connectivity index (χ3v) is 5.47. The summed E-state index contributed by atoms with van der Waals surface area (Å²) >= 11 is 7.47. The molecule has 0 saturated carbocycles. The number of hydrogen-bond donors (Lipinski definition) is 2. The number of nitrogens with two attached hydrogens (primary N) is 1. The van der Waals surface area contributed by atoms with Gasteiger partial charge in [0, 0.05) is 21.3 Å². The molecule has 0 aliphatic heterocycles. The summed E-state index contributed by atoms with van der Waals surface area (Å²) in [5, 5.41) is 3.69. The number of ether oxygens (including phenoxy) is 1. The Balaban J connectivity index is 1.67. The van der Waals surface area contributed by atoms with Crippen LogP contribution in [0.25, 0.3) is 10.1 Å². The molecular weight excluding hydrogens is 388 g/mol. The SMILES string of the molecule is C[C@@H](OC(=O)c1sc2ccccc2c1Cl)C(=O)Nc1ccc(C(N)=O)cc1. The van der Waals surface area contributed by atoms with Gasteiger partial charge in [0.05, 0.1) is 5.02 Å². The highest BCUT2D eigenvalue weighted by molar-refractivity contribution is 7.21. The van der Waals surface area contributed by atoms with E-state index in [4.69, 9.17) is 22.1 Å². The Morgan fingerprint density at radius 1 is 1.11 bits per heavy atom. The summed E-state index contributed by atoms with van der Waals surface area (Å²) in [6.07, 6.45) is -1.03. The largest absolute Gasteiger partial charge is 0.448 e. The van der Waals surface area contributed by atoms with Crippen LogP contribution in [0, 0.1) is 0 Å². The summed E-state index contributed by atoms with van der Waals surface area (Å²) in [5.74, 6) is -1.73. The predicted molar refractivity (Wildman–Crippen MR) is 105 cm³/mol. The van der Waals surface area contributed by atoms with Crippen molar-refractivity contribution in [3.05, 3.63) is 64.0 Å². The summed E-state index contributed by atoms with van der Waals surface area (Å²) in [7, 11) is 0.